The van der Waals surface area contributed by atoms with Crippen molar-refractivity contribution in [2.24, 2.45) is 0 Å². The summed E-state index contributed by atoms with van der Waals surface area (Å²) in [5.74, 6) is 0. The summed E-state index contributed by atoms with van der Waals surface area (Å²) < 4.78 is 2.34. The van der Waals surface area contributed by atoms with Gasteiger partial charge in [0.25, 0.3) is 0 Å². The Hall–Kier alpha value is -5.28. The van der Waals surface area contributed by atoms with E-state index in [-0.39, 0.29) is 5.41 Å². The average Bonchev–Trinajstić information content (AvgIpc) is 3.61. The van der Waals surface area contributed by atoms with Gasteiger partial charge >= 0.3 is 0 Å². The molecule has 196 valence electrons. The maximum Gasteiger partial charge on any atom is 0.165 e. The van der Waals surface area contributed by atoms with Gasteiger partial charge in [-0.25, -0.2) is 9.97 Å². The second kappa shape index (κ2) is 7.51. The highest BCUT2D eigenvalue weighted by Crippen LogP contribution is 2.50. The Kier molecular flexibility index (Phi) is 4.01. The van der Waals surface area contributed by atoms with Gasteiger partial charge in [0.05, 0.1) is 22.1 Å². The summed E-state index contributed by atoms with van der Waals surface area (Å²) in [7, 11) is 0. The molecule has 0 radical (unpaired) electrons. The van der Waals surface area contributed by atoms with E-state index in [4.69, 9.17) is 9.97 Å². The molecule has 0 saturated carbocycles. The molecule has 3 heteroatoms. The quantitative estimate of drug-likeness (QED) is 0.209. The Morgan fingerprint density at radius 1 is 0.571 bits per heavy atom. The van der Waals surface area contributed by atoms with Gasteiger partial charge in [-0.2, -0.15) is 0 Å². The maximum atomic E-state index is 5.16. The Bertz CT molecular complexity index is 2600. The molecule has 0 unspecified atom stereocenters. The lowest BCUT2D eigenvalue weighted by Gasteiger charge is -2.21. The lowest BCUT2D eigenvalue weighted by Crippen LogP contribution is -2.14. The smallest absolute Gasteiger partial charge is 0.165 e. The lowest BCUT2D eigenvalue weighted by atomic mass is 9.82. The molecule has 6 aromatic carbocycles. The zero-order valence-corrected chi connectivity index (χ0v) is 23.3. The summed E-state index contributed by atoms with van der Waals surface area (Å²) in [5.41, 5.74) is 14.1. The van der Waals surface area contributed by atoms with Gasteiger partial charge in [-0.1, -0.05) is 92.7 Å². The topological polar surface area (TPSA) is 30.2 Å². The van der Waals surface area contributed by atoms with E-state index in [1.54, 1.807) is 0 Å². The van der Waals surface area contributed by atoms with E-state index >= 15 is 0 Å². The van der Waals surface area contributed by atoms with Crippen molar-refractivity contribution in [3.8, 4) is 22.3 Å². The van der Waals surface area contributed by atoms with E-state index in [1.807, 2.05) is 12.1 Å². The Morgan fingerprint density at radius 3 is 2.19 bits per heavy atom. The maximum absolute atomic E-state index is 5.16. The monoisotopic (exact) mass is 535 g/mol. The minimum absolute atomic E-state index is 0.00670. The van der Waals surface area contributed by atoms with E-state index in [9.17, 15) is 0 Å². The SMILES string of the molecule is CC1(C)c2ccccc2-c2cc(-c3ccc4c(c3)c3c5ccccc5cc5c6nc7ccccc7nc6n4c53)ccc21. The first-order valence-corrected chi connectivity index (χ1v) is 14.6. The molecule has 0 fully saturated rings. The van der Waals surface area contributed by atoms with Crippen LogP contribution in [0.4, 0.5) is 0 Å². The third-order valence-electron chi connectivity index (χ3n) is 9.69. The minimum atomic E-state index is 0.00670. The van der Waals surface area contributed by atoms with Crippen LogP contribution in [0.2, 0.25) is 0 Å². The highest BCUT2D eigenvalue weighted by atomic mass is 15.0. The van der Waals surface area contributed by atoms with Crippen molar-refractivity contribution in [3.05, 3.63) is 126 Å². The van der Waals surface area contributed by atoms with Crippen LogP contribution in [0.1, 0.15) is 25.0 Å². The van der Waals surface area contributed by atoms with Gasteiger partial charge in [-0.3, -0.25) is 4.40 Å². The molecule has 0 spiro atoms. The molecule has 0 aliphatic heterocycles. The van der Waals surface area contributed by atoms with Crippen molar-refractivity contribution in [1.82, 2.24) is 14.4 Å². The number of rotatable bonds is 1. The number of aromatic nitrogens is 3. The number of hydrogen-bond donors (Lipinski definition) is 0. The molecular formula is C39H25N3. The highest BCUT2D eigenvalue weighted by molar-refractivity contribution is 6.31. The molecule has 9 aromatic rings. The van der Waals surface area contributed by atoms with Crippen LogP contribution in [0.3, 0.4) is 0 Å². The Labute approximate surface area is 242 Å². The first-order chi connectivity index (χ1) is 20.6. The van der Waals surface area contributed by atoms with Crippen molar-refractivity contribution < 1.29 is 0 Å². The molecule has 3 nitrogen and oxygen atoms in total. The van der Waals surface area contributed by atoms with Crippen molar-refractivity contribution in [3.63, 3.8) is 0 Å². The van der Waals surface area contributed by atoms with Crippen LogP contribution in [0, 0.1) is 0 Å². The van der Waals surface area contributed by atoms with Gasteiger partial charge in [0.15, 0.2) is 5.65 Å². The fourth-order valence-electron chi connectivity index (χ4n) is 7.70. The molecular weight excluding hydrogens is 510 g/mol. The van der Waals surface area contributed by atoms with Crippen molar-refractivity contribution in [1.29, 1.82) is 0 Å². The molecule has 1 aliphatic carbocycles. The second-order valence-electron chi connectivity index (χ2n) is 12.3. The van der Waals surface area contributed by atoms with E-state index < -0.39 is 0 Å². The van der Waals surface area contributed by atoms with Crippen LogP contribution in [-0.2, 0) is 5.41 Å². The molecule has 0 bridgehead atoms. The fraction of sp³-hybridized carbons (Fsp3) is 0.0769. The zero-order valence-electron chi connectivity index (χ0n) is 23.3. The van der Waals surface area contributed by atoms with Crippen LogP contribution in [0.25, 0.3) is 82.4 Å². The molecule has 10 rings (SSSR count). The summed E-state index contributed by atoms with van der Waals surface area (Å²) >= 11 is 0. The molecule has 3 aromatic heterocycles. The molecule has 0 amide bonds. The van der Waals surface area contributed by atoms with E-state index in [2.05, 4.69) is 121 Å². The van der Waals surface area contributed by atoms with Gasteiger partial charge in [0.2, 0.25) is 0 Å². The first kappa shape index (κ1) is 22.4. The third-order valence-corrected chi connectivity index (χ3v) is 9.69. The van der Waals surface area contributed by atoms with E-state index in [0.717, 1.165) is 27.6 Å². The second-order valence-corrected chi connectivity index (χ2v) is 12.3. The van der Waals surface area contributed by atoms with Gasteiger partial charge < -0.3 is 0 Å². The van der Waals surface area contributed by atoms with Gasteiger partial charge in [-0.05, 0) is 80.6 Å². The number of fused-ring (bicyclic) bond motifs is 12. The number of hydrogen-bond acceptors (Lipinski definition) is 2. The first-order valence-electron chi connectivity index (χ1n) is 14.6. The van der Waals surface area contributed by atoms with Gasteiger partial charge in [0.1, 0.15) is 5.52 Å². The number of para-hydroxylation sites is 2. The fourth-order valence-corrected chi connectivity index (χ4v) is 7.70. The largest absolute Gasteiger partial charge is 0.291 e. The van der Waals surface area contributed by atoms with E-state index in [1.165, 1.54) is 66.0 Å². The molecule has 42 heavy (non-hydrogen) atoms. The van der Waals surface area contributed by atoms with E-state index in [0.29, 0.717) is 0 Å². The normalized spacial score (nSPS) is 14.1. The molecule has 0 saturated heterocycles. The van der Waals surface area contributed by atoms with Crippen LogP contribution in [-0.4, -0.2) is 14.4 Å². The predicted molar refractivity (Wildman–Crippen MR) is 175 cm³/mol. The standard InChI is InChI=1S/C39H25N3/c1-39(2)30-12-6-5-11-26(30)27-19-22(15-17-31(27)39)23-16-18-34-28(20-23)35-25-10-4-3-9-24(25)21-29-36-38(42(34)37(29)35)41-33-14-8-7-13-32(33)40-36/h3-21H,1-2H3. The highest BCUT2D eigenvalue weighted by Gasteiger charge is 2.35. The minimum Gasteiger partial charge on any atom is -0.291 e. The van der Waals surface area contributed by atoms with Crippen molar-refractivity contribution >= 4 is 60.2 Å². The van der Waals surface area contributed by atoms with Crippen LogP contribution >= 0.6 is 0 Å². The van der Waals surface area contributed by atoms with Crippen LogP contribution < -0.4 is 0 Å². The molecule has 1 aliphatic rings. The van der Waals surface area contributed by atoms with Crippen molar-refractivity contribution in [2.75, 3.05) is 0 Å². The molecule has 3 heterocycles. The molecule has 0 N–H and O–H groups in total. The summed E-state index contributed by atoms with van der Waals surface area (Å²) in [5, 5.41) is 6.17. The van der Waals surface area contributed by atoms with Crippen LogP contribution in [0.15, 0.2) is 115 Å². The summed E-state index contributed by atoms with van der Waals surface area (Å²) in [6.07, 6.45) is 0. The lowest BCUT2D eigenvalue weighted by molar-refractivity contribution is 0.660. The predicted octanol–water partition coefficient (Wildman–Crippen LogP) is 9.91. The Morgan fingerprint density at radius 2 is 1.29 bits per heavy atom. The van der Waals surface area contributed by atoms with Crippen molar-refractivity contribution in [2.45, 2.75) is 19.3 Å². The summed E-state index contributed by atoms with van der Waals surface area (Å²) in [6.45, 7) is 4.67. The Balaban J connectivity index is 1.30. The number of benzene rings is 6. The summed E-state index contributed by atoms with van der Waals surface area (Å²) in [6, 6.07) is 42.0. The molecule has 0 atom stereocenters. The number of nitrogens with zero attached hydrogens (tertiary/aromatic N) is 3. The zero-order chi connectivity index (χ0) is 27.7. The average molecular weight is 536 g/mol. The summed E-state index contributed by atoms with van der Waals surface area (Å²) in [4.78, 5) is 10.3. The third kappa shape index (κ3) is 2.66. The van der Waals surface area contributed by atoms with Gasteiger partial charge in [0, 0.05) is 21.6 Å². The van der Waals surface area contributed by atoms with Gasteiger partial charge in [-0.15, -0.1) is 0 Å². The van der Waals surface area contributed by atoms with Crippen LogP contribution in [0.5, 0.6) is 0 Å².